The van der Waals surface area contributed by atoms with Crippen molar-refractivity contribution in [2.24, 2.45) is 0 Å². The lowest BCUT2D eigenvalue weighted by Crippen LogP contribution is -2.41. The predicted molar refractivity (Wildman–Crippen MR) is 107 cm³/mol. The number of benzene rings is 1. The van der Waals surface area contributed by atoms with Gasteiger partial charge >= 0.3 is 7.12 Å². The van der Waals surface area contributed by atoms with E-state index in [-0.39, 0.29) is 11.8 Å². The van der Waals surface area contributed by atoms with Crippen molar-refractivity contribution in [1.29, 1.82) is 0 Å². The maximum atomic E-state index is 11.5. The molecule has 0 bridgehead atoms. The Kier molecular flexibility index (Phi) is 6.49. The van der Waals surface area contributed by atoms with Crippen LogP contribution in [-0.2, 0) is 25.3 Å². The Labute approximate surface area is 161 Å². The molecule has 1 fully saturated rings. The molecule has 146 valence electrons. The molecule has 2 amide bonds. The molecule has 7 heteroatoms. The number of likely N-dealkylation sites (N-methyl/N-ethyl adjacent to an activating group) is 1. The van der Waals surface area contributed by atoms with Crippen LogP contribution in [0.3, 0.4) is 0 Å². The summed E-state index contributed by atoms with van der Waals surface area (Å²) >= 11 is 0. The van der Waals surface area contributed by atoms with Gasteiger partial charge in [0.25, 0.3) is 0 Å². The van der Waals surface area contributed by atoms with E-state index < -0.39 is 18.3 Å². The molecule has 0 saturated carbocycles. The minimum absolute atomic E-state index is 0.0261. The number of rotatable bonds is 6. The van der Waals surface area contributed by atoms with E-state index in [1.54, 1.807) is 7.05 Å². The Balaban J connectivity index is 2.23. The van der Waals surface area contributed by atoms with Crippen LogP contribution < -0.4 is 10.6 Å². The first-order valence-corrected chi connectivity index (χ1v) is 9.14. The highest BCUT2D eigenvalue weighted by molar-refractivity contribution is 6.56. The quantitative estimate of drug-likeness (QED) is 0.750. The van der Waals surface area contributed by atoms with Gasteiger partial charge in [-0.1, -0.05) is 30.3 Å². The third kappa shape index (κ3) is 5.43. The molecule has 1 aromatic carbocycles. The SMILES string of the molecule is CNC(=O)Cc1ccc(C=C(CNC(C)=O)B2OC(C)(C)C(C)(C)O2)cc1. The molecule has 2 N–H and O–H groups in total. The lowest BCUT2D eigenvalue weighted by Gasteiger charge is -2.32. The van der Waals surface area contributed by atoms with E-state index in [0.717, 1.165) is 16.6 Å². The molecule has 0 spiro atoms. The summed E-state index contributed by atoms with van der Waals surface area (Å²) in [4.78, 5) is 22.9. The van der Waals surface area contributed by atoms with Gasteiger partial charge in [-0.2, -0.15) is 0 Å². The fraction of sp³-hybridized carbons (Fsp3) is 0.500. The zero-order valence-electron chi connectivity index (χ0n) is 17.0. The van der Waals surface area contributed by atoms with Gasteiger partial charge in [0.05, 0.1) is 17.6 Å². The fourth-order valence-corrected chi connectivity index (χ4v) is 2.64. The molecule has 1 aromatic rings. The van der Waals surface area contributed by atoms with E-state index in [9.17, 15) is 9.59 Å². The maximum absolute atomic E-state index is 11.5. The minimum atomic E-state index is -0.535. The average Bonchev–Trinajstić information content (AvgIpc) is 2.80. The van der Waals surface area contributed by atoms with Crippen molar-refractivity contribution in [3.05, 3.63) is 40.9 Å². The molecule has 6 nitrogen and oxygen atoms in total. The predicted octanol–water partition coefficient (Wildman–Crippen LogP) is 2.13. The van der Waals surface area contributed by atoms with E-state index >= 15 is 0 Å². The highest BCUT2D eigenvalue weighted by atomic mass is 16.7. The zero-order chi connectivity index (χ0) is 20.2. The molecule has 0 aliphatic carbocycles. The molecular weight excluding hydrogens is 343 g/mol. The molecule has 0 aromatic heterocycles. The van der Waals surface area contributed by atoms with Crippen LogP contribution in [0.25, 0.3) is 6.08 Å². The van der Waals surface area contributed by atoms with Gasteiger partial charge in [-0.15, -0.1) is 0 Å². The first-order chi connectivity index (χ1) is 12.5. The Bertz CT molecular complexity index is 710. The molecule has 2 rings (SSSR count). The van der Waals surface area contributed by atoms with Crippen LogP contribution in [0.5, 0.6) is 0 Å². The second-order valence-corrected chi connectivity index (χ2v) is 7.81. The van der Waals surface area contributed by atoms with Gasteiger partial charge in [-0.3, -0.25) is 9.59 Å². The molecular formula is C20H29BN2O4. The third-order valence-corrected chi connectivity index (χ3v) is 5.07. The van der Waals surface area contributed by atoms with E-state index in [4.69, 9.17) is 9.31 Å². The summed E-state index contributed by atoms with van der Waals surface area (Å²) in [7, 11) is 1.09. The molecule has 1 saturated heterocycles. The second-order valence-electron chi connectivity index (χ2n) is 7.81. The van der Waals surface area contributed by atoms with Crippen molar-refractivity contribution in [3.8, 4) is 0 Å². The molecule has 1 aliphatic heterocycles. The average molecular weight is 372 g/mol. The lowest BCUT2D eigenvalue weighted by atomic mass is 9.77. The highest BCUT2D eigenvalue weighted by Crippen LogP contribution is 2.38. The van der Waals surface area contributed by atoms with E-state index in [1.807, 2.05) is 58.0 Å². The number of carbonyl (C=O) groups is 2. The summed E-state index contributed by atoms with van der Waals surface area (Å²) in [5.74, 6) is -0.139. The zero-order valence-corrected chi connectivity index (χ0v) is 17.0. The molecule has 1 heterocycles. The van der Waals surface area contributed by atoms with E-state index in [2.05, 4.69) is 10.6 Å². The number of carbonyl (C=O) groups excluding carboxylic acids is 2. The van der Waals surface area contributed by atoms with Gasteiger partial charge in [0, 0.05) is 20.5 Å². The normalized spacial score (nSPS) is 18.3. The molecule has 0 atom stereocenters. The van der Waals surface area contributed by atoms with E-state index in [0.29, 0.717) is 13.0 Å². The van der Waals surface area contributed by atoms with Gasteiger partial charge in [-0.05, 0) is 44.3 Å². The van der Waals surface area contributed by atoms with Gasteiger partial charge in [-0.25, -0.2) is 0 Å². The fourth-order valence-electron chi connectivity index (χ4n) is 2.64. The Hall–Kier alpha value is -2.12. The van der Waals surface area contributed by atoms with Crippen LogP contribution >= 0.6 is 0 Å². The van der Waals surface area contributed by atoms with Crippen molar-refractivity contribution < 1.29 is 18.9 Å². The van der Waals surface area contributed by atoms with Crippen LogP contribution in [0, 0.1) is 0 Å². The molecule has 1 aliphatic rings. The van der Waals surface area contributed by atoms with Gasteiger partial charge in [0.15, 0.2) is 0 Å². The summed E-state index contributed by atoms with van der Waals surface area (Å²) in [5, 5.41) is 5.44. The Morgan fingerprint density at radius 3 is 2.11 bits per heavy atom. The molecule has 0 radical (unpaired) electrons. The topological polar surface area (TPSA) is 76.7 Å². The summed E-state index contributed by atoms with van der Waals surface area (Å²) in [5.41, 5.74) is 1.81. The Morgan fingerprint density at radius 2 is 1.63 bits per heavy atom. The summed E-state index contributed by atoms with van der Waals surface area (Å²) in [6.45, 7) is 9.81. The lowest BCUT2D eigenvalue weighted by molar-refractivity contribution is -0.120. The van der Waals surface area contributed by atoms with E-state index in [1.165, 1.54) is 6.92 Å². The Morgan fingerprint density at radius 1 is 1.07 bits per heavy atom. The molecule has 27 heavy (non-hydrogen) atoms. The first kappa shape index (κ1) is 21.2. The second kappa shape index (κ2) is 8.27. The van der Waals surface area contributed by atoms with Crippen molar-refractivity contribution in [1.82, 2.24) is 10.6 Å². The summed E-state index contributed by atoms with van der Waals surface area (Å²) < 4.78 is 12.3. The molecule has 0 unspecified atom stereocenters. The summed E-state index contributed by atoms with van der Waals surface area (Å²) in [6, 6.07) is 7.72. The van der Waals surface area contributed by atoms with Crippen molar-refractivity contribution in [2.75, 3.05) is 13.6 Å². The van der Waals surface area contributed by atoms with Crippen LogP contribution in [0.2, 0.25) is 0 Å². The van der Waals surface area contributed by atoms with Crippen LogP contribution in [0.1, 0.15) is 45.7 Å². The maximum Gasteiger partial charge on any atom is 0.492 e. The number of nitrogens with one attached hydrogen (secondary N) is 2. The minimum Gasteiger partial charge on any atom is -0.400 e. The van der Waals surface area contributed by atoms with Crippen molar-refractivity contribution in [2.45, 2.75) is 52.2 Å². The van der Waals surface area contributed by atoms with Gasteiger partial charge < -0.3 is 19.9 Å². The number of amides is 2. The standard InChI is InChI=1S/C20H29BN2O4/c1-14(24)23-13-17(21-26-19(2,3)20(4,5)27-21)11-15-7-9-16(10-8-15)12-18(25)22-6/h7-11H,12-13H2,1-6H3,(H,22,25)(H,23,24). The monoisotopic (exact) mass is 372 g/mol. The van der Waals surface area contributed by atoms with Crippen LogP contribution in [-0.4, -0.2) is 43.7 Å². The number of hydrogen-bond donors (Lipinski definition) is 2. The smallest absolute Gasteiger partial charge is 0.400 e. The number of hydrogen-bond acceptors (Lipinski definition) is 4. The van der Waals surface area contributed by atoms with Gasteiger partial charge in [0.1, 0.15) is 0 Å². The largest absolute Gasteiger partial charge is 0.492 e. The van der Waals surface area contributed by atoms with Crippen molar-refractivity contribution >= 4 is 25.0 Å². The van der Waals surface area contributed by atoms with Gasteiger partial charge in [0.2, 0.25) is 11.8 Å². The highest BCUT2D eigenvalue weighted by Gasteiger charge is 2.52. The third-order valence-electron chi connectivity index (χ3n) is 5.07. The van der Waals surface area contributed by atoms with Crippen LogP contribution in [0.15, 0.2) is 29.7 Å². The van der Waals surface area contributed by atoms with Crippen molar-refractivity contribution in [3.63, 3.8) is 0 Å². The first-order valence-electron chi connectivity index (χ1n) is 9.14. The van der Waals surface area contributed by atoms with Crippen LogP contribution in [0.4, 0.5) is 0 Å². The summed E-state index contributed by atoms with van der Waals surface area (Å²) in [6.07, 6.45) is 2.30.